The number of benzene rings is 2. The zero-order chi connectivity index (χ0) is 16.4. The maximum Gasteiger partial charge on any atom is 0.272 e. The molecule has 0 aromatic heterocycles. The molecule has 1 atom stereocenters. The predicted octanol–water partition coefficient (Wildman–Crippen LogP) is 3.60. The second kappa shape index (κ2) is 6.24. The summed E-state index contributed by atoms with van der Waals surface area (Å²) >= 11 is 0. The molecule has 2 aromatic rings. The van der Waals surface area contributed by atoms with E-state index in [-0.39, 0.29) is 17.4 Å². The van der Waals surface area contributed by atoms with E-state index in [9.17, 15) is 14.5 Å². The second-order valence-electron chi connectivity index (χ2n) is 5.72. The average Bonchev–Trinajstić information content (AvgIpc) is 2.97. The molecule has 0 amide bonds. The van der Waals surface area contributed by atoms with E-state index in [1.165, 1.54) is 23.4 Å². The number of para-hydroxylation sites is 1. The van der Waals surface area contributed by atoms with Crippen molar-refractivity contribution < 1.29 is 9.31 Å². The van der Waals surface area contributed by atoms with Gasteiger partial charge in [-0.2, -0.15) is 0 Å². The number of nitrogens with one attached hydrogen (secondary N) is 1. The van der Waals surface area contributed by atoms with E-state index in [4.69, 9.17) is 0 Å². The first-order valence-corrected chi connectivity index (χ1v) is 7.58. The fraction of sp³-hybridized carbons (Fsp3) is 0.294. The molecule has 5 nitrogen and oxygen atoms in total. The molecular formula is C17H18FN3O2. The summed E-state index contributed by atoms with van der Waals surface area (Å²) in [4.78, 5) is 12.3. The van der Waals surface area contributed by atoms with Gasteiger partial charge in [-0.1, -0.05) is 18.2 Å². The van der Waals surface area contributed by atoms with Gasteiger partial charge in [-0.25, -0.2) is 4.39 Å². The molecule has 0 saturated carbocycles. The van der Waals surface area contributed by atoms with Gasteiger partial charge in [0.1, 0.15) is 0 Å². The minimum Gasteiger partial charge on any atom is -0.381 e. The van der Waals surface area contributed by atoms with Gasteiger partial charge in [0.2, 0.25) is 0 Å². The number of fused-ring (bicyclic) bond motifs is 1. The average molecular weight is 315 g/mol. The molecule has 0 unspecified atom stereocenters. The summed E-state index contributed by atoms with van der Waals surface area (Å²) in [5.41, 5.74) is 2.61. The van der Waals surface area contributed by atoms with E-state index >= 15 is 0 Å². The Morgan fingerprint density at radius 1 is 1.35 bits per heavy atom. The van der Waals surface area contributed by atoms with E-state index in [0.717, 1.165) is 19.0 Å². The lowest BCUT2D eigenvalue weighted by Crippen LogP contribution is -2.36. The van der Waals surface area contributed by atoms with E-state index in [1.54, 1.807) is 0 Å². The molecule has 0 bridgehead atoms. The Hall–Kier alpha value is -2.63. The summed E-state index contributed by atoms with van der Waals surface area (Å²) in [7, 11) is 0. The van der Waals surface area contributed by atoms with E-state index < -0.39 is 10.7 Å². The molecule has 120 valence electrons. The van der Waals surface area contributed by atoms with Crippen molar-refractivity contribution in [2.45, 2.75) is 19.4 Å². The van der Waals surface area contributed by atoms with Gasteiger partial charge in [-0.3, -0.25) is 10.1 Å². The SMILES string of the molecule is C[C@H](CNc1ccc([N+](=O)[O-])cc1F)N1CCc2ccccc21. The molecule has 0 saturated heterocycles. The van der Waals surface area contributed by atoms with Gasteiger partial charge >= 0.3 is 0 Å². The molecule has 0 aliphatic carbocycles. The van der Waals surface area contributed by atoms with Crippen molar-refractivity contribution in [2.75, 3.05) is 23.3 Å². The molecule has 0 fully saturated rings. The number of hydrogen-bond acceptors (Lipinski definition) is 4. The van der Waals surface area contributed by atoms with Crippen LogP contribution in [0.25, 0.3) is 0 Å². The van der Waals surface area contributed by atoms with Crippen molar-refractivity contribution in [1.29, 1.82) is 0 Å². The molecule has 0 radical (unpaired) electrons. The van der Waals surface area contributed by atoms with Crippen LogP contribution in [0, 0.1) is 15.9 Å². The fourth-order valence-corrected chi connectivity index (χ4v) is 2.95. The van der Waals surface area contributed by atoms with Crippen LogP contribution in [0.5, 0.6) is 0 Å². The van der Waals surface area contributed by atoms with Crippen LogP contribution < -0.4 is 10.2 Å². The lowest BCUT2D eigenvalue weighted by molar-refractivity contribution is -0.385. The second-order valence-corrected chi connectivity index (χ2v) is 5.72. The standard InChI is InChI=1S/C17H18FN3O2/c1-12(20-9-8-13-4-2-3-5-17(13)20)11-19-16-7-6-14(21(22)23)10-15(16)18/h2-7,10,12,19H,8-9,11H2,1H3/t12-/m1/s1. The van der Waals surface area contributed by atoms with Crippen LogP contribution in [0.15, 0.2) is 42.5 Å². The van der Waals surface area contributed by atoms with Crippen molar-refractivity contribution in [2.24, 2.45) is 0 Å². The first-order chi connectivity index (χ1) is 11.1. The number of non-ortho nitro benzene ring substituents is 1. The first-order valence-electron chi connectivity index (χ1n) is 7.58. The molecule has 3 rings (SSSR count). The van der Waals surface area contributed by atoms with Crippen LogP contribution >= 0.6 is 0 Å². The number of nitrogens with zero attached hydrogens (tertiary/aromatic N) is 2. The van der Waals surface area contributed by atoms with Crippen molar-refractivity contribution in [3.63, 3.8) is 0 Å². The van der Waals surface area contributed by atoms with Crippen LogP contribution in [0.2, 0.25) is 0 Å². The third-order valence-corrected chi connectivity index (χ3v) is 4.21. The summed E-state index contributed by atoms with van der Waals surface area (Å²) in [5, 5.41) is 13.7. The highest BCUT2D eigenvalue weighted by atomic mass is 19.1. The molecule has 1 heterocycles. The largest absolute Gasteiger partial charge is 0.381 e. The minimum atomic E-state index is -0.603. The summed E-state index contributed by atoms with van der Waals surface area (Å²) in [5.74, 6) is -0.603. The topological polar surface area (TPSA) is 58.4 Å². The van der Waals surface area contributed by atoms with Gasteiger partial charge in [-0.05, 0) is 31.0 Å². The highest BCUT2D eigenvalue weighted by Gasteiger charge is 2.23. The zero-order valence-corrected chi connectivity index (χ0v) is 12.8. The van der Waals surface area contributed by atoms with Gasteiger partial charge in [0, 0.05) is 30.9 Å². The van der Waals surface area contributed by atoms with Crippen molar-refractivity contribution in [3.05, 3.63) is 64.0 Å². The number of anilines is 2. The van der Waals surface area contributed by atoms with Crippen LogP contribution in [0.1, 0.15) is 12.5 Å². The van der Waals surface area contributed by atoms with Gasteiger partial charge in [-0.15, -0.1) is 0 Å². The maximum atomic E-state index is 13.9. The Bertz CT molecular complexity index is 736. The van der Waals surface area contributed by atoms with Gasteiger partial charge in [0.25, 0.3) is 5.69 Å². The van der Waals surface area contributed by atoms with Crippen LogP contribution in [0.4, 0.5) is 21.5 Å². The Kier molecular flexibility index (Phi) is 4.14. The van der Waals surface area contributed by atoms with E-state index in [2.05, 4.69) is 29.3 Å². The van der Waals surface area contributed by atoms with Gasteiger partial charge < -0.3 is 10.2 Å². The number of rotatable bonds is 5. The van der Waals surface area contributed by atoms with E-state index in [0.29, 0.717) is 6.54 Å². The van der Waals surface area contributed by atoms with Gasteiger partial charge in [0.15, 0.2) is 5.82 Å². The lowest BCUT2D eigenvalue weighted by atomic mass is 10.1. The van der Waals surface area contributed by atoms with Crippen LogP contribution in [0.3, 0.4) is 0 Å². The zero-order valence-electron chi connectivity index (χ0n) is 12.8. The highest BCUT2D eigenvalue weighted by Crippen LogP contribution is 2.29. The number of hydrogen-bond donors (Lipinski definition) is 1. The van der Waals surface area contributed by atoms with Crippen molar-refractivity contribution in [1.82, 2.24) is 0 Å². The van der Waals surface area contributed by atoms with Crippen LogP contribution in [-0.2, 0) is 6.42 Å². The molecule has 6 heteroatoms. The van der Waals surface area contributed by atoms with Crippen molar-refractivity contribution >= 4 is 17.1 Å². The predicted molar refractivity (Wildman–Crippen MR) is 88.5 cm³/mol. The Labute approximate surface area is 133 Å². The Morgan fingerprint density at radius 3 is 2.87 bits per heavy atom. The van der Waals surface area contributed by atoms with Crippen LogP contribution in [-0.4, -0.2) is 24.1 Å². The summed E-state index contributed by atoms with van der Waals surface area (Å²) in [6, 6.07) is 12.1. The molecule has 2 aromatic carbocycles. The summed E-state index contributed by atoms with van der Waals surface area (Å²) in [6.45, 7) is 3.59. The molecule has 1 aliphatic rings. The van der Waals surface area contributed by atoms with Gasteiger partial charge in [0.05, 0.1) is 16.7 Å². The molecule has 1 N–H and O–H groups in total. The normalized spacial score (nSPS) is 14.4. The minimum absolute atomic E-state index is 0.188. The summed E-state index contributed by atoms with van der Waals surface area (Å²) < 4.78 is 13.9. The quantitative estimate of drug-likeness (QED) is 0.676. The Morgan fingerprint density at radius 2 is 2.13 bits per heavy atom. The highest BCUT2D eigenvalue weighted by molar-refractivity contribution is 5.59. The molecule has 0 spiro atoms. The fourth-order valence-electron chi connectivity index (χ4n) is 2.95. The summed E-state index contributed by atoms with van der Waals surface area (Å²) in [6.07, 6.45) is 1.02. The third kappa shape index (κ3) is 3.11. The number of nitro benzene ring substituents is 1. The molecule has 23 heavy (non-hydrogen) atoms. The number of nitro groups is 1. The molecular weight excluding hydrogens is 297 g/mol. The van der Waals surface area contributed by atoms with Crippen molar-refractivity contribution in [3.8, 4) is 0 Å². The third-order valence-electron chi connectivity index (χ3n) is 4.21. The lowest BCUT2D eigenvalue weighted by Gasteiger charge is -2.28. The monoisotopic (exact) mass is 315 g/mol. The molecule has 1 aliphatic heterocycles. The Balaban J connectivity index is 1.66. The smallest absolute Gasteiger partial charge is 0.272 e. The number of halogens is 1. The first kappa shape index (κ1) is 15.3. The maximum absolute atomic E-state index is 13.9. The van der Waals surface area contributed by atoms with E-state index in [1.807, 2.05) is 12.1 Å².